The summed E-state index contributed by atoms with van der Waals surface area (Å²) in [6.07, 6.45) is 4.49. The molecule has 60 valence electrons. The van der Waals surface area contributed by atoms with Crippen LogP contribution in [0.25, 0.3) is 6.08 Å². The molecule has 0 bridgehead atoms. The Morgan fingerprint density at radius 2 is 2.08 bits per heavy atom. The number of amidine groups is 1. The number of hydrogen-bond donors (Lipinski definition) is 1. The van der Waals surface area contributed by atoms with E-state index in [0.29, 0.717) is 5.84 Å². The molecule has 1 aliphatic heterocycles. The summed E-state index contributed by atoms with van der Waals surface area (Å²) in [6, 6.07) is 8.18. The van der Waals surface area contributed by atoms with Gasteiger partial charge in [0, 0.05) is 12.6 Å². The monoisotopic (exact) mass is 158 g/mol. The van der Waals surface area contributed by atoms with E-state index in [2.05, 4.69) is 17.1 Å². The van der Waals surface area contributed by atoms with Gasteiger partial charge in [0.05, 0.1) is 0 Å². The summed E-state index contributed by atoms with van der Waals surface area (Å²) in [5, 5.41) is 0. The maximum Gasteiger partial charge on any atom is 0.103 e. The Hall–Kier alpha value is -1.57. The molecule has 0 aliphatic carbocycles. The van der Waals surface area contributed by atoms with Crippen LogP contribution < -0.4 is 5.73 Å². The second kappa shape index (κ2) is 2.81. The van der Waals surface area contributed by atoms with Gasteiger partial charge >= 0.3 is 0 Å². The van der Waals surface area contributed by atoms with Crippen molar-refractivity contribution in [3.63, 3.8) is 0 Å². The third-order valence-corrected chi connectivity index (χ3v) is 1.92. The Morgan fingerprint density at radius 1 is 1.25 bits per heavy atom. The van der Waals surface area contributed by atoms with E-state index in [9.17, 15) is 0 Å². The Bertz CT molecular complexity index is 351. The SMILES string of the molecule is NC1=NC=Cc2ccccc2C1. The lowest BCUT2D eigenvalue weighted by Crippen LogP contribution is -2.13. The van der Waals surface area contributed by atoms with Crippen molar-refractivity contribution in [3.8, 4) is 0 Å². The fourth-order valence-electron chi connectivity index (χ4n) is 1.31. The lowest BCUT2D eigenvalue weighted by Gasteiger charge is -2.01. The molecule has 2 rings (SSSR count). The molecule has 0 radical (unpaired) electrons. The highest BCUT2D eigenvalue weighted by Crippen LogP contribution is 2.13. The molecular weight excluding hydrogens is 148 g/mol. The molecule has 1 heterocycles. The van der Waals surface area contributed by atoms with Crippen molar-refractivity contribution in [2.75, 3.05) is 0 Å². The van der Waals surface area contributed by atoms with Gasteiger partial charge in [-0.25, -0.2) is 4.99 Å². The second-order valence-electron chi connectivity index (χ2n) is 2.81. The molecular formula is C10H10N2. The van der Waals surface area contributed by atoms with Gasteiger partial charge in [0.25, 0.3) is 0 Å². The zero-order valence-electron chi connectivity index (χ0n) is 6.70. The number of nitrogens with zero attached hydrogens (tertiary/aromatic N) is 1. The van der Waals surface area contributed by atoms with Crippen LogP contribution in [0.5, 0.6) is 0 Å². The van der Waals surface area contributed by atoms with Crippen LogP contribution in [0.2, 0.25) is 0 Å². The van der Waals surface area contributed by atoms with E-state index in [1.54, 1.807) is 6.20 Å². The molecule has 12 heavy (non-hydrogen) atoms. The van der Waals surface area contributed by atoms with Crippen molar-refractivity contribution < 1.29 is 0 Å². The molecule has 2 heteroatoms. The smallest absolute Gasteiger partial charge is 0.103 e. The van der Waals surface area contributed by atoms with Crippen molar-refractivity contribution in [1.29, 1.82) is 0 Å². The van der Waals surface area contributed by atoms with E-state index in [0.717, 1.165) is 6.42 Å². The third kappa shape index (κ3) is 1.23. The topological polar surface area (TPSA) is 38.4 Å². The van der Waals surface area contributed by atoms with Crippen LogP contribution in [0.3, 0.4) is 0 Å². The van der Waals surface area contributed by atoms with E-state index < -0.39 is 0 Å². The van der Waals surface area contributed by atoms with Crippen LogP contribution in [-0.2, 0) is 6.42 Å². The van der Waals surface area contributed by atoms with Crippen LogP contribution in [0.1, 0.15) is 11.1 Å². The number of aliphatic imine (C=N–C) groups is 1. The van der Waals surface area contributed by atoms with Crippen molar-refractivity contribution >= 4 is 11.9 Å². The maximum atomic E-state index is 5.65. The minimum absolute atomic E-state index is 0.677. The third-order valence-electron chi connectivity index (χ3n) is 1.92. The zero-order valence-corrected chi connectivity index (χ0v) is 6.70. The van der Waals surface area contributed by atoms with E-state index >= 15 is 0 Å². The molecule has 2 nitrogen and oxygen atoms in total. The molecule has 1 aromatic carbocycles. The molecule has 0 amide bonds. The largest absolute Gasteiger partial charge is 0.387 e. The summed E-state index contributed by atoms with van der Waals surface area (Å²) >= 11 is 0. The zero-order chi connectivity index (χ0) is 8.39. The van der Waals surface area contributed by atoms with Crippen LogP contribution in [0.15, 0.2) is 35.5 Å². The first-order valence-electron chi connectivity index (χ1n) is 3.93. The average Bonchev–Trinajstić information content (AvgIpc) is 2.25. The fraction of sp³-hybridized carbons (Fsp3) is 0.100. The summed E-state index contributed by atoms with van der Waals surface area (Å²) in [4.78, 5) is 4.05. The van der Waals surface area contributed by atoms with Gasteiger partial charge in [0.1, 0.15) is 5.84 Å². The summed E-state index contributed by atoms with van der Waals surface area (Å²) in [6.45, 7) is 0. The number of hydrogen-bond acceptors (Lipinski definition) is 2. The first-order chi connectivity index (χ1) is 5.86. The van der Waals surface area contributed by atoms with Crippen molar-refractivity contribution in [2.45, 2.75) is 6.42 Å². The molecule has 2 N–H and O–H groups in total. The Kier molecular flexibility index (Phi) is 1.67. The summed E-state index contributed by atoms with van der Waals surface area (Å²) < 4.78 is 0. The van der Waals surface area contributed by atoms with Gasteiger partial charge in [0.2, 0.25) is 0 Å². The van der Waals surface area contributed by atoms with Gasteiger partial charge in [-0.15, -0.1) is 0 Å². The summed E-state index contributed by atoms with van der Waals surface area (Å²) in [5.41, 5.74) is 8.10. The highest BCUT2D eigenvalue weighted by atomic mass is 14.8. The normalized spacial score (nSPS) is 14.8. The van der Waals surface area contributed by atoms with E-state index in [-0.39, 0.29) is 0 Å². The van der Waals surface area contributed by atoms with Gasteiger partial charge in [-0.3, -0.25) is 0 Å². The number of benzene rings is 1. The second-order valence-corrected chi connectivity index (χ2v) is 2.81. The van der Waals surface area contributed by atoms with Gasteiger partial charge in [-0.2, -0.15) is 0 Å². The van der Waals surface area contributed by atoms with Crippen molar-refractivity contribution in [2.24, 2.45) is 10.7 Å². The Balaban J connectivity index is 2.49. The van der Waals surface area contributed by atoms with Crippen LogP contribution in [0.4, 0.5) is 0 Å². The van der Waals surface area contributed by atoms with Crippen molar-refractivity contribution in [3.05, 3.63) is 41.6 Å². The first kappa shape index (κ1) is 7.10. The van der Waals surface area contributed by atoms with Crippen LogP contribution >= 0.6 is 0 Å². The van der Waals surface area contributed by atoms with E-state index in [1.807, 2.05) is 18.2 Å². The fourth-order valence-corrected chi connectivity index (χ4v) is 1.31. The van der Waals surface area contributed by atoms with E-state index in [4.69, 9.17) is 5.73 Å². The van der Waals surface area contributed by atoms with Crippen molar-refractivity contribution in [1.82, 2.24) is 0 Å². The molecule has 0 atom stereocenters. The molecule has 1 aromatic rings. The van der Waals surface area contributed by atoms with Gasteiger partial charge in [0.15, 0.2) is 0 Å². The van der Waals surface area contributed by atoms with Crippen LogP contribution in [-0.4, -0.2) is 5.84 Å². The molecule has 0 unspecified atom stereocenters. The molecule has 0 spiro atoms. The quantitative estimate of drug-likeness (QED) is 0.611. The number of fused-ring (bicyclic) bond motifs is 1. The van der Waals surface area contributed by atoms with Gasteiger partial charge in [-0.05, 0) is 17.2 Å². The Labute approximate surface area is 71.4 Å². The predicted molar refractivity (Wildman–Crippen MR) is 50.8 cm³/mol. The molecule has 1 aliphatic rings. The van der Waals surface area contributed by atoms with E-state index in [1.165, 1.54) is 11.1 Å². The highest BCUT2D eigenvalue weighted by molar-refractivity contribution is 5.85. The lowest BCUT2D eigenvalue weighted by atomic mass is 10.1. The standard InChI is InChI=1S/C10H10N2/c11-10-7-9-4-2-1-3-8(9)5-6-12-10/h1-6H,7H2,(H2,11,12). The number of rotatable bonds is 0. The summed E-state index contributed by atoms with van der Waals surface area (Å²) in [5.74, 6) is 0.677. The first-order valence-corrected chi connectivity index (χ1v) is 3.93. The average molecular weight is 158 g/mol. The van der Waals surface area contributed by atoms with Crippen LogP contribution in [0, 0.1) is 0 Å². The minimum Gasteiger partial charge on any atom is -0.387 e. The molecule has 0 saturated carbocycles. The highest BCUT2D eigenvalue weighted by Gasteiger charge is 2.02. The molecule has 0 aromatic heterocycles. The lowest BCUT2D eigenvalue weighted by molar-refractivity contribution is 1.28. The molecule has 0 fully saturated rings. The Morgan fingerprint density at radius 3 is 3.00 bits per heavy atom. The maximum absolute atomic E-state index is 5.65. The summed E-state index contributed by atoms with van der Waals surface area (Å²) in [7, 11) is 0. The van der Waals surface area contributed by atoms with Gasteiger partial charge in [-0.1, -0.05) is 24.3 Å². The minimum atomic E-state index is 0.677. The predicted octanol–water partition coefficient (Wildman–Crippen LogP) is 1.57. The molecule has 0 saturated heterocycles. The van der Waals surface area contributed by atoms with Gasteiger partial charge < -0.3 is 5.73 Å². The number of nitrogens with two attached hydrogens (primary N) is 1.